The molecule has 8 heteroatoms. The second-order valence-electron chi connectivity index (χ2n) is 5.22. The van der Waals surface area contributed by atoms with Crippen LogP contribution in [0, 0.1) is 11.7 Å². The zero-order chi connectivity index (χ0) is 15.8. The Bertz CT molecular complexity index is 612. The smallest absolute Gasteiger partial charge is 0.243 e. The quantitative estimate of drug-likeness (QED) is 0.805. The van der Waals surface area contributed by atoms with Gasteiger partial charge in [0.15, 0.2) is 11.6 Å². The van der Waals surface area contributed by atoms with E-state index < -0.39 is 21.9 Å². The lowest BCUT2D eigenvalue weighted by atomic mass is 9.98. The molecule has 0 aliphatic carbocycles. The summed E-state index contributed by atoms with van der Waals surface area (Å²) in [6.45, 7) is 2.14. The summed E-state index contributed by atoms with van der Waals surface area (Å²) in [5, 5.41) is 9.82. The molecular weight excluding hydrogens is 299 g/mol. The van der Waals surface area contributed by atoms with Gasteiger partial charge in [-0.3, -0.25) is 0 Å². The molecule has 6 nitrogen and oxygen atoms in total. The number of aliphatic hydroxyl groups is 1. The van der Waals surface area contributed by atoms with Gasteiger partial charge in [0.1, 0.15) is 0 Å². The summed E-state index contributed by atoms with van der Waals surface area (Å²) in [5.74, 6) is -0.975. The average Bonchev–Trinajstić information content (AvgIpc) is 2.41. The fourth-order valence-corrected chi connectivity index (χ4v) is 3.86. The monoisotopic (exact) mass is 318 g/mol. The van der Waals surface area contributed by atoms with Crippen LogP contribution in [0.25, 0.3) is 0 Å². The van der Waals surface area contributed by atoms with Gasteiger partial charge in [0.2, 0.25) is 10.0 Å². The lowest BCUT2D eigenvalue weighted by Crippen LogP contribution is -2.45. The van der Waals surface area contributed by atoms with Gasteiger partial charge in [-0.15, -0.1) is 0 Å². The number of benzene rings is 1. The number of hydrogen-bond donors (Lipinski definition) is 2. The van der Waals surface area contributed by atoms with Gasteiger partial charge < -0.3 is 15.6 Å². The Kier molecular flexibility index (Phi) is 4.40. The van der Waals surface area contributed by atoms with E-state index in [1.807, 2.05) is 6.92 Å². The van der Waals surface area contributed by atoms with Crippen LogP contribution in [0.2, 0.25) is 0 Å². The van der Waals surface area contributed by atoms with E-state index >= 15 is 0 Å². The topological polar surface area (TPSA) is 92.9 Å². The molecule has 2 atom stereocenters. The molecule has 1 aliphatic heterocycles. The van der Waals surface area contributed by atoms with Crippen molar-refractivity contribution in [2.45, 2.75) is 24.3 Å². The maximum atomic E-state index is 13.8. The molecule has 0 saturated carbocycles. The Balaban J connectivity index is 2.36. The molecule has 0 spiro atoms. The van der Waals surface area contributed by atoms with Crippen molar-refractivity contribution < 1.29 is 22.7 Å². The first-order valence-corrected chi connectivity index (χ1v) is 8.02. The third-order valence-electron chi connectivity index (χ3n) is 3.77. The molecular formula is C13H19FN2O4S. The predicted molar refractivity (Wildman–Crippen MR) is 75.9 cm³/mol. The highest BCUT2D eigenvalue weighted by molar-refractivity contribution is 7.89. The number of rotatable bonds is 3. The van der Waals surface area contributed by atoms with Gasteiger partial charge in [-0.2, -0.15) is 4.31 Å². The van der Waals surface area contributed by atoms with Crippen molar-refractivity contribution in [2.24, 2.45) is 5.92 Å². The third kappa shape index (κ3) is 2.97. The van der Waals surface area contributed by atoms with E-state index in [2.05, 4.69) is 0 Å². The number of piperidine rings is 1. The zero-order valence-electron chi connectivity index (χ0n) is 11.9. The van der Waals surface area contributed by atoms with Crippen molar-refractivity contribution in [1.82, 2.24) is 4.31 Å². The van der Waals surface area contributed by atoms with Crippen LogP contribution in [0.5, 0.6) is 5.75 Å². The molecule has 21 heavy (non-hydrogen) atoms. The molecule has 1 heterocycles. The van der Waals surface area contributed by atoms with Gasteiger partial charge in [-0.1, -0.05) is 6.92 Å². The largest absolute Gasteiger partial charge is 0.492 e. The fourth-order valence-electron chi connectivity index (χ4n) is 2.34. The number of halogens is 1. The van der Waals surface area contributed by atoms with Gasteiger partial charge in [0.05, 0.1) is 23.8 Å². The number of anilines is 1. The summed E-state index contributed by atoms with van der Waals surface area (Å²) in [4.78, 5) is -0.236. The van der Waals surface area contributed by atoms with E-state index in [9.17, 15) is 17.9 Å². The van der Waals surface area contributed by atoms with Crippen LogP contribution in [0.1, 0.15) is 13.3 Å². The lowest BCUT2D eigenvalue weighted by Gasteiger charge is -2.33. The Hall–Kier alpha value is -1.38. The number of aliphatic hydroxyl groups excluding tert-OH is 1. The summed E-state index contributed by atoms with van der Waals surface area (Å²) < 4.78 is 44.7. The molecule has 1 saturated heterocycles. The van der Waals surface area contributed by atoms with E-state index in [1.165, 1.54) is 13.2 Å². The predicted octanol–water partition coefficient (Wildman–Crippen LogP) is 0.808. The summed E-state index contributed by atoms with van der Waals surface area (Å²) in [6, 6.07) is 2.05. The van der Waals surface area contributed by atoms with Gasteiger partial charge in [-0.05, 0) is 24.5 Å². The van der Waals surface area contributed by atoms with Gasteiger partial charge >= 0.3 is 0 Å². The number of nitrogens with two attached hydrogens (primary N) is 1. The Morgan fingerprint density at radius 2 is 2.14 bits per heavy atom. The molecule has 0 aromatic heterocycles. The number of methoxy groups -OCH3 is 1. The van der Waals surface area contributed by atoms with Crippen molar-refractivity contribution in [2.75, 3.05) is 25.9 Å². The van der Waals surface area contributed by atoms with Crippen LogP contribution in [0.15, 0.2) is 17.0 Å². The van der Waals surface area contributed by atoms with E-state index in [1.54, 1.807) is 0 Å². The first kappa shape index (κ1) is 16.0. The zero-order valence-corrected chi connectivity index (χ0v) is 12.7. The summed E-state index contributed by atoms with van der Waals surface area (Å²) in [5.41, 5.74) is 5.53. The number of hydrogen-bond acceptors (Lipinski definition) is 5. The highest BCUT2D eigenvalue weighted by atomic mass is 32.2. The fraction of sp³-hybridized carbons (Fsp3) is 0.538. The van der Waals surface area contributed by atoms with E-state index in [4.69, 9.17) is 10.5 Å². The minimum atomic E-state index is -3.89. The summed E-state index contributed by atoms with van der Waals surface area (Å²) in [6.07, 6.45) is -0.178. The molecule has 2 unspecified atom stereocenters. The second kappa shape index (κ2) is 5.78. The third-order valence-corrected chi connectivity index (χ3v) is 5.61. The van der Waals surface area contributed by atoms with Crippen molar-refractivity contribution in [3.63, 3.8) is 0 Å². The first-order chi connectivity index (χ1) is 9.77. The number of sulfonamides is 1. The number of ether oxygens (including phenoxy) is 1. The minimum Gasteiger partial charge on any atom is -0.492 e. The maximum absolute atomic E-state index is 13.8. The van der Waals surface area contributed by atoms with E-state index in [0.29, 0.717) is 6.42 Å². The Labute approximate surface area is 123 Å². The van der Waals surface area contributed by atoms with Gasteiger partial charge in [-0.25, -0.2) is 12.8 Å². The van der Waals surface area contributed by atoms with Crippen LogP contribution in [0.4, 0.5) is 10.1 Å². The summed E-state index contributed by atoms with van der Waals surface area (Å²) >= 11 is 0. The standard InChI is InChI=1S/C13H19FN2O4S/c1-8-3-4-16(7-12(8)17)21(18,19)9-5-10(14)13(20-2)11(15)6-9/h5-6,8,12,17H,3-4,7,15H2,1-2H3. The number of β-amino-alcohol motifs (C(OH)–C–C–N with tert-alkyl or cyclic N) is 1. The second-order valence-corrected chi connectivity index (χ2v) is 7.16. The van der Waals surface area contributed by atoms with Crippen LogP contribution < -0.4 is 10.5 Å². The Morgan fingerprint density at radius 3 is 2.67 bits per heavy atom. The molecule has 2 rings (SSSR count). The van der Waals surface area contributed by atoms with E-state index in [0.717, 1.165) is 10.4 Å². The molecule has 0 amide bonds. The molecule has 0 radical (unpaired) electrons. The molecule has 1 aliphatic rings. The molecule has 0 bridgehead atoms. The highest BCUT2D eigenvalue weighted by Gasteiger charge is 2.33. The first-order valence-electron chi connectivity index (χ1n) is 6.58. The van der Waals surface area contributed by atoms with Crippen molar-refractivity contribution in [1.29, 1.82) is 0 Å². The normalized spacial score (nSPS) is 24.0. The minimum absolute atomic E-state index is 0.00292. The summed E-state index contributed by atoms with van der Waals surface area (Å²) in [7, 11) is -2.64. The van der Waals surface area contributed by atoms with Crippen molar-refractivity contribution in [3.8, 4) is 5.75 Å². The van der Waals surface area contributed by atoms with Crippen molar-refractivity contribution in [3.05, 3.63) is 17.9 Å². The van der Waals surface area contributed by atoms with Gasteiger partial charge in [0.25, 0.3) is 0 Å². The molecule has 1 aromatic rings. The van der Waals surface area contributed by atoms with E-state index in [-0.39, 0.29) is 35.3 Å². The van der Waals surface area contributed by atoms with Crippen LogP contribution in [-0.4, -0.2) is 44.1 Å². The molecule has 3 N–H and O–H groups in total. The van der Waals surface area contributed by atoms with Crippen molar-refractivity contribution >= 4 is 15.7 Å². The molecule has 1 aromatic carbocycles. The SMILES string of the molecule is COc1c(N)cc(S(=O)(=O)N2CCC(C)C(O)C2)cc1F. The lowest BCUT2D eigenvalue weighted by molar-refractivity contribution is 0.0605. The highest BCUT2D eigenvalue weighted by Crippen LogP contribution is 2.31. The number of nitrogen functional groups attached to an aromatic ring is 1. The number of nitrogens with zero attached hydrogens (tertiary/aromatic N) is 1. The average molecular weight is 318 g/mol. The molecule has 1 fully saturated rings. The van der Waals surface area contributed by atoms with Crippen LogP contribution >= 0.6 is 0 Å². The maximum Gasteiger partial charge on any atom is 0.243 e. The van der Waals surface area contributed by atoms with Crippen LogP contribution in [0.3, 0.4) is 0 Å². The Morgan fingerprint density at radius 1 is 1.48 bits per heavy atom. The van der Waals surface area contributed by atoms with Crippen LogP contribution in [-0.2, 0) is 10.0 Å². The molecule has 118 valence electrons. The van der Waals surface area contributed by atoms with Gasteiger partial charge in [0, 0.05) is 13.1 Å².